The van der Waals surface area contributed by atoms with Crippen LogP contribution in [0.1, 0.15) is 18.1 Å². The van der Waals surface area contributed by atoms with Crippen molar-refractivity contribution in [2.45, 2.75) is 13.3 Å². The highest BCUT2D eigenvalue weighted by atomic mass is 14.2. The van der Waals surface area contributed by atoms with Crippen LogP contribution >= 0.6 is 0 Å². The standard InChI is InChI=1S/C14H14/c1-3-7-13-11(4-2)10-12-8-5-6-9-14(12)13/h3-9H,2,10H2,1H3/b7-3-. The van der Waals surface area contributed by atoms with Gasteiger partial charge in [-0.1, -0.05) is 49.1 Å². The lowest BCUT2D eigenvalue weighted by atomic mass is 10.1. The normalized spacial score (nSPS) is 14.9. The summed E-state index contributed by atoms with van der Waals surface area (Å²) in [6, 6.07) is 8.56. The van der Waals surface area contributed by atoms with Gasteiger partial charge < -0.3 is 0 Å². The molecule has 0 fully saturated rings. The van der Waals surface area contributed by atoms with E-state index in [2.05, 4.69) is 49.9 Å². The highest BCUT2D eigenvalue weighted by Crippen LogP contribution is 2.33. The molecule has 0 spiro atoms. The molecule has 0 N–H and O–H groups in total. The van der Waals surface area contributed by atoms with Crippen LogP contribution in [0.4, 0.5) is 0 Å². The fourth-order valence-corrected chi connectivity index (χ4v) is 1.96. The zero-order chi connectivity index (χ0) is 9.97. The van der Waals surface area contributed by atoms with E-state index in [-0.39, 0.29) is 0 Å². The van der Waals surface area contributed by atoms with Gasteiger partial charge in [-0.3, -0.25) is 0 Å². The van der Waals surface area contributed by atoms with Crippen molar-refractivity contribution in [2.24, 2.45) is 0 Å². The molecule has 0 aromatic heterocycles. The van der Waals surface area contributed by atoms with Crippen molar-refractivity contribution in [3.05, 3.63) is 65.8 Å². The van der Waals surface area contributed by atoms with E-state index in [4.69, 9.17) is 0 Å². The van der Waals surface area contributed by atoms with Crippen LogP contribution in [-0.4, -0.2) is 0 Å². The summed E-state index contributed by atoms with van der Waals surface area (Å²) >= 11 is 0. The average Bonchev–Trinajstić information content (AvgIpc) is 2.58. The minimum atomic E-state index is 1.03. The summed E-state index contributed by atoms with van der Waals surface area (Å²) in [4.78, 5) is 0. The molecule has 1 aromatic carbocycles. The first-order valence-corrected chi connectivity index (χ1v) is 4.93. The molecule has 0 aliphatic heterocycles. The summed E-state index contributed by atoms with van der Waals surface area (Å²) in [5.74, 6) is 0. The highest BCUT2D eigenvalue weighted by molar-refractivity contribution is 5.84. The molecule has 0 heterocycles. The average molecular weight is 182 g/mol. The number of benzene rings is 1. The Balaban J connectivity index is 2.56. The predicted octanol–water partition coefficient (Wildman–Crippen LogP) is 3.76. The van der Waals surface area contributed by atoms with Crippen LogP contribution in [0, 0.1) is 0 Å². The van der Waals surface area contributed by atoms with Gasteiger partial charge >= 0.3 is 0 Å². The molecule has 70 valence electrons. The van der Waals surface area contributed by atoms with Gasteiger partial charge in [-0.05, 0) is 35.6 Å². The third-order valence-electron chi connectivity index (χ3n) is 2.61. The highest BCUT2D eigenvalue weighted by Gasteiger charge is 2.16. The van der Waals surface area contributed by atoms with E-state index < -0.39 is 0 Å². The van der Waals surface area contributed by atoms with Crippen LogP contribution < -0.4 is 0 Å². The van der Waals surface area contributed by atoms with Gasteiger partial charge in [0.05, 0.1) is 0 Å². The Morgan fingerprint density at radius 1 is 1.29 bits per heavy atom. The summed E-state index contributed by atoms with van der Waals surface area (Å²) < 4.78 is 0. The van der Waals surface area contributed by atoms with Crippen molar-refractivity contribution < 1.29 is 0 Å². The lowest BCUT2D eigenvalue weighted by molar-refractivity contribution is 1.25. The van der Waals surface area contributed by atoms with Gasteiger partial charge in [-0.15, -0.1) is 0 Å². The Kier molecular flexibility index (Phi) is 2.36. The first-order chi connectivity index (χ1) is 6.86. The van der Waals surface area contributed by atoms with Gasteiger partial charge in [0.15, 0.2) is 0 Å². The molecule has 14 heavy (non-hydrogen) atoms. The third kappa shape index (κ3) is 1.33. The summed E-state index contributed by atoms with van der Waals surface area (Å²) in [7, 11) is 0. The van der Waals surface area contributed by atoms with Gasteiger partial charge in [0.2, 0.25) is 0 Å². The maximum Gasteiger partial charge on any atom is -0.00137 e. The zero-order valence-corrected chi connectivity index (χ0v) is 8.46. The number of hydrogen-bond acceptors (Lipinski definition) is 0. The molecule has 1 aliphatic carbocycles. The first-order valence-electron chi connectivity index (χ1n) is 4.93. The van der Waals surface area contributed by atoms with Crippen molar-refractivity contribution in [3.63, 3.8) is 0 Å². The Labute approximate surface area is 85.3 Å². The van der Waals surface area contributed by atoms with Crippen LogP contribution in [0.5, 0.6) is 0 Å². The largest absolute Gasteiger partial charge is 0.0988 e. The Hall–Kier alpha value is -1.56. The van der Waals surface area contributed by atoms with Gasteiger partial charge in [0.25, 0.3) is 0 Å². The molecule has 1 aliphatic rings. The zero-order valence-electron chi connectivity index (χ0n) is 8.46. The van der Waals surface area contributed by atoms with Crippen LogP contribution in [0.25, 0.3) is 5.57 Å². The topological polar surface area (TPSA) is 0 Å². The van der Waals surface area contributed by atoms with Crippen molar-refractivity contribution in [1.29, 1.82) is 0 Å². The second kappa shape index (κ2) is 3.67. The minimum absolute atomic E-state index is 1.03. The second-order valence-corrected chi connectivity index (χ2v) is 3.48. The maximum atomic E-state index is 3.87. The van der Waals surface area contributed by atoms with Gasteiger partial charge in [0, 0.05) is 0 Å². The maximum absolute atomic E-state index is 3.87. The molecule has 0 nitrogen and oxygen atoms in total. The summed E-state index contributed by atoms with van der Waals surface area (Å²) in [5, 5.41) is 0. The number of fused-ring (bicyclic) bond motifs is 1. The number of rotatable bonds is 2. The van der Waals surface area contributed by atoms with Gasteiger partial charge in [-0.25, -0.2) is 0 Å². The van der Waals surface area contributed by atoms with Crippen molar-refractivity contribution in [3.8, 4) is 0 Å². The van der Waals surface area contributed by atoms with E-state index in [0.717, 1.165) is 6.42 Å². The van der Waals surface area contributed by atoms with Crippen molar-refractivity contribution >= 4 is 5.57 Å². The van der Waals surface area contributed by atoms with Crippen molar-refractivity contribution in [2.75, 3.05) is 0 Å². The molecule has 0 atom stereocenters. The fourth-order valence-electron chi connectivity index (χ4n) is 1.96. The van der Waals surface area contributed by atoms with Crippen LogP contribution in [-0.2, 0) is 6.42 Å². The molecule has 0 bridgehead atoms. The van der Waals surface area contributed by atoms with E-state index in [1.54, 1.807) is 0 Å². The van der Waals surface area contributed by atoms with Gasteiger partial charge in [-0.2, -0.15) is 0 Å². The number of allylic oxidation sites excluding steroid dienone is 5. The molecule has 1 aromatic rings. The minimum Gasteiger partial charge on any atom is -0.0988 e. The quantitative estimate of drug-likeness (QED) is 0.653. The van der Waals surface area contributed by atoms with E-state index >= 15 is 0 Å². The van der Waals surface area contributed by atoms with Crippen LogP contribution in [0.3, 0.4) is 0 Å². The molecule has 0 radical (unpaired) electrons. The lowest BCUT2D eigenvalue weighted by Gasteiger charge is -1.99. The molecular weight excluding hydrogens is 168 g/mol. The molecular formula is C14H14. The van der Waals surface area contributed by atoms with E-state index in [9.17, 15) is 0 Å². The van der Waals surface area contributed by atoms with Crippen LogP contribution in [0.2, 0.25) is 0 Å². The number of hydrogen-bond donors (Lipinski definition) is 0. The Morgan fingerprint density at radius 3 is 2.79 bits per heavy atom. The third-order valence-corrected chi connectivity index (χ3v) is 2.61. The monoisotopic (exact) mass is 182 g/mol. The second-order valence-electron chi connectivity index (χ2n) is 3.48. The first kappa shape index (κ1) is 9.01. The Morgan fingerprint density at radius 2 is 2.07 bits per heavy atom. The summed E-state index contributed by atoms with van der Waals surface area (Å²) in [6.45, 7) is 5.92. The fraction of sp³-hybridized carbons (Fsp3) is 0.143. The molecule has 0 amide bonds. The van der Waals surface area contributed by atoms with Gasteiger partial charge in [0.1, 0.15) is 0 Å². The molecule has 0 heteroatoms. The predicted molar refractivity (Wildman–Crippen MR) is 62.1 cm³/mol. The Bertz CT molecular complexity index is 419. The van der Waals surface area contributed by atoms with E-state index in [1.807, 2.05) is 6.08 Å². The molecule has 0 unspecified atom stereocenters. The van der Waals surface area contributed by atoms with E-state index in [0.29, 0.717) is 0 Å². The molecule has 0 saturated heterocycles. The summed E-state index contributed by atoms with van der Waals surface area (Å²) in [6.07, 6.45) is 7.25. The SMILES string of the molecule is C=CC1=C(/C=C\C)c2ccccc2C1. The lowest BCUT2D eigenvalue weighted by Crippen LogP contribution is -1.80. The van der Waals surface area contributed by atoms with Crippen LogP contribution in [0.15, 0.2) is 54.6 Å². The smallest absolute Gasteiger partial charge is 0.00137 e. The molecule has 0 saturated carbocycles. The van der Waals surface area contributed by atoms with Crippen molar-refractivity contribution in [1.82, 2.24) is 0 Å². The summed E-state index contributed by atoms with van der Waals surface area (Å²) in [5.41, 5.74) is 5.44. The van der Waals surface area contributed by atoms with E-state index in [1.165, 1.54) is 22.3 Å². The molecule has 2 rings (SSSR count).